The lowest BCUT2D eigenvalue weighted by Gasteiger charge is -2.16. The van der Waals surface area contributed by atoms with Crippen molar-refractivity contribution in [2.24, 2.45) is 0 Å². The number of aryl methyl sites for hydroxylation is 2. The third-order valence-corrected chi connectivity index (χ3v) is 5.79. The number of aromatic nitrogens is 2. The third-order valence-electron chi connectivity index (χ3n) is 5.79. The maximum absolute atomic E-state index is 13.3. The van der Waals surface area contributed by atoms with E-state index >= 15 is 0 Å². The molecule has 1 unspecified atom stereocenters. The van der Waals surface area contributed by atoms with Gasteiger partial charge in [0.1, 0.15) is 11.6 Å². The van der Waals surface area contributed by atoms with E-state index in [4.69, 9.17) is 9.72 Å². The third kappa shape index (κ3) is 5.17. The molecule has 0 fully saturated rings. The summed E-state index contributed by atoms with van der Waals surface area (Å²) in [6.07, 6.45) is 1.60. The van der Waals surface area contributed by atoms with E-state index in [2.05, 4.69) is 6.92 Å². The van der Waals surface area contributed by atoms with Crippen LogP contribution in [0.1, 0.15) is 48.4 Å². The van der Waals surface area contributed by atoms with Gasteiger partial charge < -0.3 is 9.84 Å². The Morgan fingerprint density at radius 2 is 1.79 bits per heavy atom. The molecule has 3 aromatic carbocycles. The molecule has 1 heterocycles. The first-order chi connectivity index (χ1) is 16.5. The number of aliphatic carboxylic acids is 1. The Morgan fingerprint density at radius 3 is 2.47 bits per heavy atom. The first kappa shape index (κ1) is 23.2. The molecule has 4 aromatic rings. The van der Waals surface area contributed by atoms with Gasteiger partial charge in [0.15, 0.2) is 0 Å². The van der Waals surface area contributed by atoms with Gasteiger partial charge in [-0.05, 0) is 43.2 Å². The van der Waals surface area contributed by atoms with Crippen molar-refractivity contribution in [1.82, 2.24) is 9.55 Å². The fourth-order valence-electron chi connectivity index (χ4n) is 3.95. The van der Waals surface area contributed by atoms with Crippen LogP contribution < -0.4 is 10.3 Å². The van der Waals surface area contributed by atoms with Crippen LogP contribution in [0.25, 0.3) is 10.9 Å². The van der Waals surface area contributed by atoms with Gasteiger partial charge in [0, 0.05) is 12.0 Å². The lowest BCUT2D eigenvalue weighted by atomic mass is 10.1. The largest absolute Gasteiger partial charge is 0.478 e. The molecule has 1 atom stereocenters. The van der Waals surface area contributed by atoms with Crippen LogP contribution in [0.4, 0.5) is 0 Å². The molecule has 0 amide bonds. The SMILES string of the molecule is CCCCc1nc2ccc(C)cc2c(=O)n1Cc1ccc(OC(C(=O)O)c2ccccc2)cc1. The van der Waals surface area contributed by atoms with Gasteiger partial charge in [-0.15, -0.1) is 0 Å². The van der Waals surface area contributed by atoms with E-state index in [9.17, 15) is 14.7 Å². The Labute approximate surface area is 198 Å². The number of unbranched alkanes of at least 4 members (excludes halogenated alkanes) is 1. The lowest BCUT2D eigenvalue weighted by Crippen LogP contribution is -2.26. The van der Waals surface area contributed by atoms with Crippen molar-refractivity contribution in [3.8, 4) is 5.75 Å². The molecule has 0 aliphatic rings. The quantitative estimate of drug-likeness (QED) is 0.370. The monoisotopic (exact) mass is 456 g/mol. The second kappa shape index (κ2) is 10.3. The predicted molar refractivity (Wildman–Crippen MR) is 132 cm³/mol. The van der Waals surface area contributed by atoms with E-state index in [1.165, 1.54) is 0 Å². The van der Waals surface area contributed by atoms with Crippen LogP contribution in [0.2, 0.25) is 0 Å². The molecule has 0 bridgehead atoms. The summed E-state index contributed by atoms with van der Waals surface area (Å²) in [6, 6.07) is 21.8. The molecule has 0 radical (unpaired) electrons. The summed E-state index contributed by atoms with van der Waals surface area (Å²) >= 11 is 0. The van der Waals surface area contributed by atoms with Gasteiger partial charge in [0.2, 0.25) is 6.10 Å². The first-order valence-electron chi connectivity index (χ1n) is 11.5. The van der Waals surface area contributed by atoms with Crippen molar-refractivity contribution < 1.29 is 14.6 Å². The summed E-state index contributed by atoms with van der Waals surface area (Å²) in [5.74, 6) is 0.171. The average molecular weight is 457 g/mol. The van der Waals surface area contributed by atoms with Crippen molar-refractivity contribution in [3.05, 3.63) is 106 Å². The molecule has 0 saturated heterocycles. The highest BCUT2D eigenvalue weighted by Gasteiger charge is 2.21. The summed E-state index contributed by atoms with van der Waals surface area (Å²) in [6.45, 7) is 4.47. The van der Waals surface area contributed by atoms with Crippen LogP contribution in [0.3, 0.4) is 0 Å². The van der Waals surface area contributed by atoms with Gasteiger partial charge in [-0.2, -0.15) is 0 Å². The van der Waals surface area contributed by atoms with Gasteiger partial charge in [0.05, 0.1) is 17.4 Å². The van der Waals surface area contributed by atoms with E-state index in [1.54, 1.807) is 41.0 Å². The molecule has 6 nitrogen and oxygen atoms in total. The highest BCUT2D eigenvalue weighted by molar-refractivity contribution is 5.78. The molecular formula is C28H28N2O4. The lowest BCUT2D eigenvalue weighted by molar-refractivity contribution is -0.145. The van der Waals surface area contributed by atoms with Crippen LogP contribution >= 0.6 is 0 Å². The van der Waals surface area contributed by atoms with Gasteiger partial charge in [-0.3, -0.25) is 9.36 Å². The number of carbonyl (C=O) groups is 1. The maximum atomic E-state index is 13.3. The molecule has 1 N–H and O–H groups in total. The summed E-state index contributed by atoms with van der Waals surface area (Å²) in [7, 11) is 0. The van der Waals surface area contributed by atoms with Crippen molar-refractivity contribution >= 4 is 16.9 Å². The van der Waals surface area contributed by atoms with Crippen LogP contribution in [-0.2, 0) is 17.8 Å². The van der Waals surface area contributed by atoms with Gasteiger partial charge in [-0.25, -0.2) is 9.78 Å². The minimum atomic E-state index is -1.09. The number of rotatable bonds is 9. The summed E-state index contributed by atoms with van der Waals surface area (Å²) < 4.78 is 7.51. The zero-order valence-electron chi connectivity index (χ0n) is 19.4. The van der Waals surface area contributed by atoms with Crippen LogP contribution in [0.15, 0.2) is 77.6 Å². The number of hydrogen-bond donors (Lipinski definition) is 1. The van der Waals surface area contributed by atoms with Crippen molar-refractivity contribution in [3.63, 3.8) is 0 Å². The molecule has 0 aliphatic carbocycles. The topological polar surface area (TPSA) is 81.4 Å². The smallest absolute Gasteiger partial charge is 0.349 e. The van der Waals surface area contributed by atoms with Crippen LogP contribution in [-0.4, -0.2) is 20.6 Å². The highest BCUT2D eigenvalue weighted by Crippen LogP contribution is 2.23. The van der Waals surface area contributed by atoms with E-state index in [0.29, 0.717) is 23.2 Å². The Hall–Kier alpha value is -3.93. The number of hydrogen-bond acceptors (Lipinski definition) is 4. The van der Waals surface area contributed by atoms with Gasteiger partial charge >= 0.3 is 5.97 Å². The fraction of sp³-hybridized carbons (Fsp3) is 0.250. The van der Waals surface area contributed by atoms with E-state index < -0.39 is 12.1 Å². The molecule has 1 aromatic heterocycles. The second-order valence-corrected chi connectivity index (χ2v) is 8.43. The van der Waals surface area contributed by atoms with E-state index in [1.807, 2.05) is 43.3 Å². The standard InChI is InChI=1S/C28H28N2O4/c1-3-4-10-25-29-24-16-11-19(2)17-23(24)27(31)30(25)18-20-12-14-22(15-13-20)34-26(28(32)33)21-8-6-5-7-9-21/h5-9,11-17,26H,3-4,10,18H2,1-2H3,(H,32,33). The molecular weight excluding hydrogens is 428 g/mol. The summed E-state index contributed by atoms with van der Waals surface area (Å²) in [5.41, 5.74) is 3.18. The van der Waals surface area contributed by atoms with Gasteiger partial charge in [-0.1, -0.05) is 67.4 Å². The predicted octanol–water partition coefficient (Wildman–Crippen LogP) is 5.30. The molecule has 4 rings (SSSR count). The normalized spacial score (nSPS) is 11.9. The van der Waals surface area contributed by atoms with E-state index in [-0.39, 0.29) is 5.56 Å². The van der Waals surface area contributed by atoms with Crippen molar-refractivity contribution in [2.75, 3.05) is 0 Å². The number of carboxylic acid groups (broad SMARTS) is 1. The Bertz CT molecular complexity index is 1340. The molecule has 0 aliphatic heterocycles. The molecule has 174 valence electrons. The Kier molecular flexibility index (Phi) is 7.07. The van der Waals surface area contributed by atoms with Gasteiger partial charge in [0.25, 0.3) is 5.56 Å². The molecule has 34 heavy (non-hydrogen) atoms. The van der Waals surface area contributed by atoms with Crippen LogP contribution in [0, 0.1) is 6.92 Å². The number of benzene rings is 3. The Balaban J connectivity index is 1.61. The minimum absolute atomic E-state index is 0.0462. The summed E-state index contributed by atoms with van der Waals surface area (Å²) in [5, 5.41) is 10.2. The number of carboxylic acids is 1. The zero-order valence-corrected chi connectivity index (χ0v) is 19.4. The number of ether oxygens (including phenoxy) is 1. The van der Waals surface area contributed by atoms with Crippen molar-refractivity contribution in [1.29, 1.82) is 0 Å². The molecule has 6 heteroatoms. The van der Waals surface area contributed by atoms with Crippen LogP contribution in [0.5, 0.6) is 5.75 Å². The zero-order chi connectivity index (χ0) is 24.1. The van der Waals surface area contributed by atoms with Crippen molar-refractivity contribution in [2.45, 2.75) is 45.8 Å². The Morgan fingerprint density at radius 1 is 1.06 bits per heavy atom. The number of nitrogens with zero attached hydrogens (tertiary/aromatic N) is 2. The summed E-state index contributed by atoms with van der Waals surface area (Å²) in [4.78, 5) is 29.9. The fourth-order valence-corrected chi connectivity index (χ4v) is 3.95. The maximum Gasteiger partial charge on any atom is 0.349 e. The first-order valence-corrected chi connectivity index (χ1v) is 11.5. The average Bonchev–Trinajstić information content (AvgIpc) is 2.85. The molecule has 0 saturated carbocycles. The molecule has 0 spiro atoms. The van der Waals surface area contributed by atoms with E-state index in [0.717, 1.165) is 41.7 Å². The minimum Gasteiger partial charge on any atom is -0.478 e. The highest BCUT2D eigenvalue weighted by atomic mass is 16.5. The second-order valence-electron chi connectivity index (χ2n) is 8.43. The number of fused-ring (bicyclic) bond motifs is 1.